The van der Waals surface area contributed by atoms with Crippen LogP contribution >= 0.6 is 0 Å². The van der Waals surface area contributed by atoms with Gasteiger partial charge in [-0.2, -0.15) is 13.2 Å². The third-order valence-electron chi connectivity index (χ3n) is 3.94. The van der Waals surface area contributed by atoms with Crippen molar-refractivity contribution in [2.24, 2.45) is 4.99 Å². The molecule has 1 aromatic carbocycles. The summed E-state index contributed by atoms with van der Waals surface area (Å²) in [5.41, 5.74) is 0.983. The molecule has 1 unspecified atom stereocenters. The van der Waals surface area contributed by atoms with E-state index < -0.39 is 12.7 Å². The fraction of sp³-hybridized carbons (Fsp3) is 0.588. The number of guanidine groups is 1. The molecule has 1 aliphatic rings. The summed E-state index contributed by atoms with van der Waals surface area (Å²) >= 11 is 0. The second-order valence-electron chi connectivity index (χ2n) is 6.16. The molecule has 0 spiro atoms. The van der Waals surface area contributed by atoms with E-state index in [0.717, 1.165) is 5.56 Å². The molecule has 1 saturated heterocycles. The largest absolute Gasteiger partial charge is 0.508 e. The number of aliphatic imine (C=N–C) groups is 1. The molecule has 8 heteroatoms. The third kappa shape index (κ3) is 7.21. The maximum Gasteiger partial charge on any atom is 0.401 e. The van der Waals surface area contributed by atoms with Crippen molar-refractivity contribution < 1.29 is 18.3 Å². The predicted octanol–water partition coefficient (Wildman–Crippen LogP) is 2.13. The van der Waals surface area contributed by atoms with Crippen LogP contribution in [0.25, 0.3) is 0 Å². The SMILES string of the molecule is CCNC(=NCCc1cccc(O)c1)NC1CCN(CC(F)(F)F)C1. The van der Waals surface area contributed by atoms with Crippen molar-refractivity contribution in [1.29, 1.82) is 0 Å². The van der Waals surface area contributed by atoms with E-state index in [1.54, 1.807) is 18.2 Å². The summed E-state index contributed by atoms with van der Waals surface area (Å²) in [6.45, 7) is 3.07. The van der Waals surface area contributed by atoms with Crippen molar-refractivity contribution in [2.75, 3.05) is 32.7 Å². The van der Waals surface area contributed by atoms with E-state index in [4.69, 9.17) is 0 Å². The van der Waals surface area contributed by atoms with Crippen molar-refractivity contribution in [3.8, 4) is 5.75 Å². The Balaban J connectivity index is 1.83. The Morgan fingerprint density at radius 1 is 1.40 bits per heavy atom. The van der Waals surface area contributed by atoms with E-state index in [-0.39, 0.29) is 11.8 Å². The number of hydrogen-bond acceptors (Lipinski definition) is 3. The minimum atomic E-state index is -4.16. The number of aromatic hydroxyl groups is 1. The van der Waals surface area contributed by atoms with Gasteiger partial charge in [-0.05, 0) is 37.5 Å². The molecule has 1 heterocycles. The summed E-state index contributed by atoms with van der Waals surface area (Å²) in [7, 11) is 0. The molecule has 1 atom stereocenters. The van der Waals surface area contributed by atoms with Crippen LogP contribution in [-0.4, -0.2) is 60.9 Å². The average molecular weight is 358 g/mol. The summed E-state index contributed by atoms with van der Waals surface area (Å²) in [6, 6.07) is 6.97. The van der Waals surface area contributed by atoms with E-state index in [1.165, 1.54) is 4.90 Å². The molecular formula is C17H25F3N4O. The van der Waals surface area contributed by atoms with Gasteiger partial charge in [-0.25, -0.2) is 0 Å². The fourth-order valence-corrected chi connectivity index (χ4v) is 2.87. The number of rotatable bonds is 6. The lowest BCUT2D eigenvalue weighted by molar-refractivity contribution is -0.143. The monoisotopic (exact) mass is 358 g/mol. The lowest BCUT2D eigenvalue weighted by atomic mass is 10.1. The summed E-state index contributed by atoms with van der Waals surface area (Å²) < 4.78 is 37.4. The van der Waals surface area contributed by atoms with Crippen LogP contribution in [0.1, 0.15) is 18.9 Å². The van der Waals surface area contributed by atoms with Gasteiger partial charge in [0.2, 0.25) is 0 Å². The molecule has 0 aliphatic carbocycles. The molecule has 140 valence electrons. The molecule has 0 amide bonds. The number of likely N-dealkylation sites (tertiary alicyclic amines) is 1. The van der Waals surface area contributed by atoms with Crippen LogP contribution in [-0.2, 0) is 6.42 Å². The Hall–Kier alpha value is -1.96. The van der Waals surface area contributed by atoms with Crippen LogP contribution in [0.2, 0.25) is 0 Å². The highest BCUT2D eigenvalue weighted by Gasteiger charge is 2.34. The minimum absolute atomic E-state index is 0.0408. The van der Waals surface area contributed by atoms with Crippen molar-refractivity contribution in [3.05, 3.63) is 29.8 Å². The van der Waals surface area contributed by atoms with Crippen molar-refractivity contribution in [3.63, 3.8) is 0 Å². The smallest absolute Gasteiger partial charge is 0.401 e. The van der Waals surface area contributed by atoms with Crippen LogP contribution < -0.4 is 10.6 Å². The van der Waals surface area contributed by atoms with E-state index in [0.29, 0.717) is 45.0 Å². The number of alkyl halides is 3. The number of halogens is 3. The second-order valence-corrected chi connectivity index (χ2v) is 6.16. The standard InChI is InChI=1S/C17H25F3N4O/c1-2-21-16(22-8-6-13-4-3-5-15(25)10-13)23-14-7-9-24(11-14)12-17(18,19)20/h3-5,10,14,25H,2,6-9,11-12H2,1H3,(H2,21,22,23). The molecular weight excluding hydrogens is 333 g/mol. The van der Waals surface area contributed by atoms with E-state index in [2.05, 4.69) is 15.6 Å². The zero-order valence-corrected chi connectivity index (χ0v) is 14.3. The Morgan fingerprint density at radius 2 is 2.20 bits per heavy atom. The van der Waals surface area contributed by atoms with Gasteiger partial charge in [0.15, 0.2) is 5.96 Å². The van der Waals surface area contributed by atoms with Crippen molar-refractivity contribution in [2.45, 2.75) is 32.0 Å². The van der Waals surface area contributed by atoms with Gasteiger partial charge in [-0.1, -0.05) is 12.1 Å². The second kappa shape index (κ2) is 8.94. The maximum absolute atomic E-state index is 12.5. The molecule has 1 aliphatic heterocycles. The third-order valence-corrected chi connectivity index (χ3v) is 3.94. The normalized spacial score (nSPS) is 19.2. The van der Waals surface area contributed by atoms with Gasteiger partial charge >= 0.3 is 6.18 Å². The summed E-state index contributed by atoms with van der Waals surface area (Å²) in [6.07, 6.45) is -2.82. The Kier molecular flexibility index (Phi) is 6.92. The number of phenols is 1. The topological polar surface area (TPSA) is 59.9 Å². The van der Waals surface area contributed by atoms with Crippen LogP contribution in [0.3, 0.4) is 0 Å². The van der Waals surface area contributed by atoms with E-state index >= 15 is 0 Å². The van der Waals surface area contributed by atoms with Crippen molar-refractivity contribution >= 4 is 5.96 Å². The molecule has 0 radical (unpaired) electrons. The lowest BCUT2D eigenvalue weighted by Gasteiger charge is -2.19. The summed E-state index contributed by atoms with van der Waals surface area (Å²) in [5.74, 6) is 0.837. The van der Waals surface area contributed by atoms with E-state index in [1.807, 2.05) is 13.0 Å². The first-order chi connectivity index (χ1) is 11.9. The molecule has 1 aromatic rings. The zero-order valence-electron chi connectivity index (χ0n) is 14.3. The van der Waals surface area contributed by atoms with Crippen LogP contribution in [0, 0.1) is 0 Å². The summed E-state index contributed by atoms with van der Waals surface area (Å²) in [5, 5.41) is 15.8. The van der Waals surface area contributed by atoms with Crippen LogP contribution in [0.15, 0.2) is 29.3 Å². The highest BCUT2D eigenvalue weighted by atomic mass is 19.4. The molecule has 0 saturated carbocycles. The molecule has 2 rings (SSSR count). The van der Waals surface area contributed by atoms with Gasteiger partial charge in [-0.15, -0.1) is 0 Å². The van der Waals surface area contributed by atoms with Gasteiger partial charge < -0.3 is 15.7 Å². The average Bonchev–Trinajstić information content (AvgIpc) is 2.92. The Labute approximate surface area is 145 Å². The number of phenolic OH excluding ortho intramolecular Hbond substituents is 1. The first kappa shape index (κ1) is 19.4. The van der Waals surface area contributed by atoms with E-state index in [9.17, 15) is 18.3 Å². The zero-order chi connectivity index (χ0) is 18.3. The highest BCUT2D eigenvalue weighted by molar-refractivity contribution is 5.80. The molecule has 25 heavy (non-hydrogen) atoms. The quantitative estimate of drug-likeness (QED) is 0.539. The van der Waals surface area contributed by atoms with Gasteiger partial charge in [0.1, 0.15) is 5.75 Å². The molecule has 1 fully saturated rings. The highest BCUT2D eigenvalue weighted by Crippen LogP contribution is 2.19. The Bertz CT molecular complexity index is 577. The Morgan fingerprint density at radius 3 is 2.88 bits per heavy atom. The first-order valence-corrected chi connectivity index (χ1v) is 8.47. The predicted molar refractivity (Wildman–Crippen MR) is 91.8 cm³/mol. The van der Waals surface area contributed by atoms with Gasteiger partial charge in [0, 0.05) is 32.2 Å². The van der Waals surface area contributed by atoms with Crippen LogP contribution in [0.4, 0.5) is 13.2 Å². The minimum Gasteiger partial charge on any atom is -0.508 e. The number of nitrogens with zero attached hydrogens (tertiary/aromatic N) is 2. The van der Waals surface area contributed by atoms with Gasteiger partial charge in [-0.3, -0.25) is 9.89 Å². The van der Waals surface area contributed by atoms with Crippen LogP contribution in [0.5, 0.6) is 5.75 Å². The maximum atomic E-state index is 12.5. The molecule has 3 N–H and O–H groups in total. The van der Waals surface area contributed by atoms with Crippen molar-refractivity contribution in [1.82, 2.24) is 15.5 Å². The number of nitrogens with one attached hydrogen (secondary N) is 2. The molecule has 0 bridgehead atoms. The molecule has 5 nitrogen and oxygen atoms in total. The van der Waals surface area contributed by atoms with Gasteiger partial charge in [0.05, 0.1) is 6.54 Å². The fourth-order valence-electron chi connectivity index (χ4n) is 2.87. The number of benzene rings is 1. The number of hydrogen-bond donors (Lipinski definition) is 3. The first-order valence-electron chi connectivity index (χ1n) is 8.47. The molecule has 0 aromatic heterocycles. The summed E-state index contributed by atoms with van der Waals surface area (Å²) in [4.78, 5) is 5.88. The lowest BCUT2D eigenvalue weighted by Crippen LogP contribution is -2.45. The van der Waals surface area contributed by atoms with Gasteiger partial charge in [0.25, 0.3) is 0 Å².